The molecule has 2 aromatic rings. The Labute approximate surface area is 191 Å². The van der Waals surface area contributed by atoms with Gasteiger partial charge in [0.25, 0.3) is 11.6 Å². The van der Waals surface area contributed by atoms with Gasteiger partial charge in [-0.2, -0.15) is 31.3 Å². The number of hydrogen-bond donors (Lipinski definition) is 0. The number of aromatic nitrogens is 4. The highest BCUT2D eigenvalue weighted by Crippen LogP contribution is 2.27. The molecule has 0 radical (unpaired) electrons. The zero-order valence-electron chi connectivity index (χ0n) is 18.8. The third-order valence-electron chi connectivity index (χ3n) is 5.65. The summed E-state index contributed by atoms with van der Waals surface area (Å²) in [7, 11) is 0. The van der Waals surface area contributed by atoms with Crippen LogP contribution in [0.2, 0.25) is 0 Å². The molecule has 14 heteroatoms. The molecular weight excluding hydrogens is 470 g/mol. The highest BCUT2D eigenvalue weighted by Gasteiger charge is 2.37. The van der Waals surface area contributed by atoms with Gasteiger partial charge in [0.05, 0.1) is 0 Å². The van der Waals surface area contributed by atoms with E-state index in [4.69, 9.17) is 0 Å². The maximum Gasteiger partial charge on any atom is 0.453 e. The second-order valence-electron chi connectivity index (χ2n) is 8.15. The topological polar surface area (TPSA) is 75.9 Å². The Kier molecular flexibility index (Phi) is 8.01. The van der Waals surface area contributed by atoms with Crippen LogP contribution in [0.15, 0.2) is 0 Å². The maximum absolute atomic E-state index is 12.9. The van der Waals surface area contributed by atoms with Crippen LogP contribution in [0.4, 0.5) is 26.3 Å². The predicted octanol–water partition coefficient (Wildman–Crippen LogP) is 2.81. The SMILES string of the molecule is Cc1nc2nc(C(F)(F)F)nn2c(C)c1CCC(=O)N1CCN(CCCOCC(F)(F)F)CC1. The van der Waals surface area contributed by atoms with Gasteiger partial charge in [-0.3, -0.25) is 9.69 Å². The van der Waals surface area contributed by atoms with Gasteiger partial charge >= 0.3 is 12.4 Å². The standard InChI is InChI=1S/C20H26F6N6O2/c1-13-15(14(2)32-18(27-13)28-17(29-32)20(24,25)26)4-5-16(33)31-9-7-30(8-10-31)6-3-11-34-12-19(21,22)23/h3-12H2,1-2H3. The summed E-state index contributed by atoms with van der Waals surface area (Å²) in [5.41, 5.74) is 1.60. The summed E-state index contributed by atoms with van der Waals surface area (Å²) in [6.07, 6.45) is -8.07. The van der Waals surface area contributed by atoms with Gasteiger partial charge in [-0.15, -0.1) is 5.10 Å². The number of fused-ring (bicyclic) bond motifs is 1. The molecular formula is C20H26F6N6O2. The summed E-state index contributed by atoms with van der Waals surface area (Å²) in [4.78, 5) is 24.0. The first kappa shape index (κ1) is 26.1. The van der Waals surface area contributed by atoms with Crippen LogP contribution in [0, 0.1) is 13.8 Å². The zero-order valence-corrected chi connectivity index (χ0v) is 18.8. The Morgan fingerprint density at radius 1 is 1.03 bits per heavy atom. The van der Waals surface area contributed by atoms with Crippen LogP contribution in [0.3, 0.4) is 0 Å². The van der Waals surface area contributed by atoms with Crippen molar-refractivity contribution in [2.45, 2.75) is 45.5 Å². The highest BCUT2D eigenvalue weighted by molar-refractivity contribution is 5.76. The van der Waals surface area contributed by atoms with Gasteiger partial charge in [0.2, 0.25) is 5.91 Å². The molecule has 0 aliphatic carbocycles. The zero-order chi connectivity index (χ0) is 25.1. The quantitative estimate of drug-likeness (QED) is 0.413. The van der Waals surface area contributed by atoms with E-state index in [1.165, 1.54) is 0 Å². The maximum atomic E-state index is 12.9. The van der Waals surface area contributed by atoms with Crippen LogP contribution < -0.4 is 0 Å². The fourth-order valence-electron chi connectivity index (χ4n) is 3.88. The number of piperazine rings is 1. The van der Waals surface area contributed by atoms with E-state index in [0.29, 0.717) is 62.5 Å². The fourth-order valence-corrected chi connectivity index (χ4v) is 3.88. The van der Waals surface area contributed by atoms with Crippen molar-refractivity contribution in [1.29, 1.82) is 0 Å². The van der Waals surface area contributed by atoms with E-state index in [-0.39, 0.29) is 24.7 Å². The molecule has 2 aromatic heterocycles. The minimum atomic E-state index is -4.68. The van der Waals surface area contributed by atoms with Crippen molar-refractivity contribution in [1.82, 2.24) is 29.4 Å². The average molecular weight is 496 g/mol. The lowest BCUT2D eigenvalue weighted by Gasteiger charge is -2.34. The molecule has 1 fully saturated rings. The molecule has 1 amide bonds. The van der Waals surface area contributed by atoms with E-state index in [1.54, 1.807) is 18.7 Å². The van der Waals surface area contributed by atoms with Crippen molar-refractivity contribution in [2.24, 2.45) is 0 Å². The van der Waals surface area contributed by atoms with Gasteiger partial charge in [-0.05, 0) is 32.3 Å². The van der Waals surface area contributed by atoms with Crippen molar-refractivity contribution >= 4 is 11.7 Å². The molecule has 34 heavy (non-hydrogen) atoms. The van der Waals surface area contributed by atoms with Crippen LogP contribution in [0.1, 0.15) is 35.6 Å². The molecule has 1 aliphatic heterocycles. The molecule has 0 bridgehead atoms. The smallest absolute Gasteiger partial charge is 0.372 e. The molecule has 0 aromatic carbocycles. The van der Waals surface area contributed by atoms with Crippen molar-refractivity contribution in [2.75, 3.05) is 45.9 Å². The van der Waals surface area contributed by atoms with Gasteiger partial charge in [-0.1, -0.05) is 0 Å². The van der Waals surface area contributed by atoms with Gasteiger partial charge < -0.3 is 9.64 Å². The predicted molar refractivity (Wildman–Crippen MR) is 108 cm³/mol. The molecule has 3 rings (SSSR count). The van der Waals surface area contributed by atoms with E-state index in [0.717, 1.165) is 4.52 Å². The van der Waals surface area contributed by atoms with E-state index >= 15 is 0 Å². The molecule has 0 spiro atoms. The molecule has 1 aliphatic rings. The van der Waals surface area contributed by atoms with Crippen molar-refractivity contribution in [3.05, 3.63) is 22.8 Å². The van der Waals surface area contributed by atoms with Crippen LogP contribution in [0.5, 0.6) is 0 Å². The number of hydrogen-bond acceptors (Lipinski definition) is 6. The largest absolute Gasteiger partial charge is 0.453 e. The summed E-state index contributed by atoms with van der Waals surface area (Å²) >= 11 is 0. The van der Waals surface area contributed by atoms with Gasteiger partial charge in [0, 0.05) is 57.1 Å². The minimum Gasteiger partial charge on any atom is -0.372 e. The third-order valence-corrected chi connectivity index (χ3v) is 5.65. The number of rotatable bonds is 8. The Morgan fingerprint density at radius 3 is 2.32 bits per heavy atom. The van der Waals surface area contributed by atoms with Crippen molar-refractivity contribution in [3.63, 3.8) is 0 Å². The lowest BCUT2D eigenvalue weighted by atomic mass is 10.1. The summed E-state index contributed by atoms with van der Waals surface area (Å²) in [5, 5.41) is 3.51. The van der Waals surface area contributed by atoms with Gasteiger partial charge in [0.15, 0.2) is 0 Å². The second kappa shape index (κ2) is 10.4. The second-order valence-corrected chi connectivity index (χ2v) is 8.15. The average Bonchev–Trinajstić information content (AvgIpc) is 3.17. The number of carbonyl (C=O) groups is 1. The number of ether oxygens (including phenoxy) is 1. The lowest BCUT2D eigenvalue weighted by Crippen LogP contribution is -2.49. The molecule has 8 nitrogen and oxygen atoms in total. The van der Waals surface area contributed by atoms with Crippen LogP contribution in [-0.2, 0) is 22.1 Å². The first-order chi connectivity index (χ1) is 15.8. The van der Waals surface area contributed by atoms with Crippen molar-refractivity contribution in [3.8, 4) is 0 Å². The minimum absolute atomic E-state index is 0.0198. The van der Waals surface area contributed by atoms with Gasteiger partial charge in [-0.25, -0.2) is 9.50 Å². The third kappa shape index (κ3) is 6.78. The van der Waals surface area contributed by atoms with E-state index in [2.05, 4.69) is 24.7 Å². The normalized spacial score (nSPS) is 15.9. The van der Waals surface area contributed by atoms with Crippen molar-refractivity contribution < 1.29 is 35.9 Å². The molecule has 0 unspecified atom stereocenters. The molecule has 0 saturated carbocycles. The van der Waals surface area contributed by atoms with E-state index in [9.17, 15) is 31.1 Å². The van der Waals surface area contributed by atoms with Crippen LogP contribution in [0.25, 0.3) is 5.78 Å². The number of alkyl halides is 6. The fraction of sp³-hybridized carbons (Fsp3) is 0.700. The molecule has 1 saturated heterocycles. The Hall–Kier alpha value is -2.48. The van der Waals surface area contributed by atoms with Crippen LogP contribution in [-0.4, -0.2) is 87.4 Å². The highest BCUT2D eigenvalue weighted by atomic mass is 19.4. The number of amides is 1. The Bertz CT molecular complexity index is 998. The first-order valence-electron chi connectivity index (χ1n) is 10.8. The molecule has 3 heterocycles. The number of aryl methyl sites for hydroxylation is 2. The molecule has 0 N–H and O–H groups in total. The monoisotopic (exact) mass is 496 g/mol. The van der Waals surface area contributed by atoms with E-state index < -0.39 is 24.8 Å². The summed E-state index contributed by atoms with van der Waals surface area (Å²) < 4.78 is 80.6. The molecule has 190 valence electrons. The van der Waals surface area contributed by atoms with Gasteiger partial charge in [0.1, 0.15) is 6.61 Å². The number of nitrogens with zero attached hydrogens (tertiary/aromatic N) is 6. The summed E-state index contributed by atoms with van der Waals surface area (Å²) in [5.74, 6) is -1.49. The number of carbonyl (C=O) groups excluding carboxylic acids is 1. The molecule has 0 atom stereocenters. The lowest BCUT2D eigenvalue weighted by molar-refractivity contribution is -0.174. The summed E-state index contributed by atoms with van der Waals surface area (Å²) in [6.45, 7) is 4.83. The first-order valence-corrected chi connectivity index (χ1v) is 10.8. The van der Waals surface area contributed by atoms with E-state index in [1.807, 2.05) is 0 Å². The Balaban J connectivity index is 1.48. The number of halogens is 6. The summed E-state index contributed by atoms with van der Waals surface area (Å²) in [6, 6.07) is 0. The van der Waals surface area contributed by atoms with Crippen LogP contribution >= 0.6 is 0 Å². The Morgan fingerprint density at radius 2 is 1.71 bits per heavy atom.